The van der Waals surface area contributed by atoms with E-state index in [0.29, 0.717) is 0 Å². The van der Waals surface area contributed by atoms with Gasteiger partial charge in [-0.2, -0.15) is 0 Å². The summed E-state index contributed by atoms with van der Waals surface area (Å²) in [6, 6.07) is 9.21. The third-order valence-electron chi connectivity index (χ3n) is 3.02. The number of hydrogen-bond acceptors (Lipinski definition) is 3. The van der Waals surface area contributed by atoms with Gasteiger partial charge in [-0.15, -0.1) is 6.58 Å². The highest BCUT2D eigenvalue weighted by Gasteiger charge is 2.35. The van der Waals surface area contributed by atoms with Crippen LogP contribution in [-0.4, -0.2) is 22.5 Å². The Hall–Kier alpha value is -1.42. The van der Waals surface area contributed by atoms with Crippen molar-refractivity contribution in [2.75, 3.05) is 7.11 Å². The Morgan fingerprint density at radius 3 is 2.47 bits per heavy atom. The molecule has 4 heteroatoms. The minimum Gasteiger partial charge on any atom is -0.469 e. The summed E-state index contributed by atoms with van der Waals surface area (Å²) in [7, 11) is 0.122. The van der Waals surface area contributed by atoms with Gasteiger partial charge >= 0.3 is 5.97 Å². The Bertz CT molecular complexity index is 466. The van der Waals surface area contributed by atoms with Gasteiger partial charge in [-0.1, -0.05) is 38.1 Å². The Balaban J connectivity index is 2.97. The summed E-state index contributed by atoms with van der Waals surface area (Å²) in [4.78, 5) is 12.2. The average Bonchev–Trinajstić information content (AvgIpc) is 2.39. The van der Waals surface area contributed by atoms with E-state index in [-0.39, 0.29) is 17.6 Å². The molecule has 0 saturated carbocycles. The maximum Gasteiger partial charge on any atom is 0.306 e. The van der Waals surface area contributed by atoms with E-state index in [1.165, 1.54) is 7.11 Å². The second kappa shape index (κ2) is 6.66. The van der Waals surface area contributed by atoms with Crippen molar-refractivity contribution in [3.63, 3.8) is 0 Å². The van der Waals surface area contributed by atoms with Gasteiger partial charge in [0.15, 0.2) is 0 Å². The summed E-state index contributed by atoms with van der Waals surface area (Å²) >= 11 is 0. The van der Waals surface area contributed by atoms with Crippen LogP contribution in [0, 0.1) is 5.41 Å². The van der Waals surface area contributed by atoms with Gasteiger partial charge in [0.2, 0.25) is 0 Å². The highest BCUT2D eigenvalue weighted by molar-refractivity contribution is 7.86. The van der Waals surface area contributed by atoms with Gasteiger partial charge < -0.3 is 4.74 Å². The molecule has 0 aliphatic heterocycles. The number of methoxy groups -OCH3 is 1. The summed E-state index contributed by atoms with van der Waals surface area (Å²) in [6.45, 7) is 7.56. The molecule has 0 heterocycles. The molecule has 0 spiro atoms. The Morgan fingerprint density at radius 1 is 1.42 bits per heavy atom. The summed E-state index contributed by atoms with van der Waals surface area (Å²) in [6.07, 6.45) is 1.87. The molecule has 2 unspecified atom stereocenters. The van der Waals surface area contributed by atoms with Crippen molar-refractivity contribution in [2.45, 2.75) is 30.4 Å². The molecule has 1 rings (SSSR count). The third kappa shape index (κ3) is 4.03. The van der Waals surface area contributed by atoms with E-state index in [9.17, 15) is 9.00 Å². The second-order valence-electron chi connectivity index (χ2n) is 5.01. The van der Waals surface area contributed by atoms with E-state index in [2.05, 4.69) is 6.58 Å². The van der Waals surface area contributed by atoms with E-state index in [0.717, 1.165) is 4.90 Å². The topological polar surface area (TPSA) is 43.4 Å². The van der Waals surface area contributed by atoms with Crippen LogP contribution in [0.15, 0.2) is 47.9 Å². The van der Waals surface area contributed by atoms with Gasteiger partial charge in [0, 0.05) is 4.90 Å². The maximum absolute atomic E-state index is 12.6. The van der Waals surface area contributed by atoms with Crippen molar-refractivity contribution < 1.29 is 13.7 Å². The first-order valence-corrected chi connectivity index (χ1v) is 7.28. The number of carbonyl (C=O) groups is 1. The van der Waals surface area contributed by atoms with Crippen molar-refractivity contribution in [3.05, 3.63) is 43.0 Å². The fourth-order valence-electron chi connectivity index (χ4n) is 1.94. The predicted octanol–water partition coefficient (Wildman–Crippen LogP) is 2.94. The van der Waals surface area contributed by atoms with E-state index in [4.69, 9.17) is 4.74 Å². The molecule has 3 nitrogen and oxygen atoms in total. The van der Waals surface area contributed by atoms with Crippen molar-refractivity contribution >= 4 is 16.8 Å². The molecule has 19 heavy (non-hydrogen) atoms. The van der Waals surface area contributed by atoms with Gasteiger partial charge in [0.1, 0.15) is 0 Å². The zero-order valence-corrected chi connectivity index (χ0v) is 12.4. The van der Waals surface area contributed by atoms with Gasteiger partial charge in [0.25, 0.3) is 0 Å². The standard InChI is InChI=1S/C15H20O3S/c1-5-13(15(2,3)11-14(16)18-4)19(17)12-9-7-6-8-10-12/h5-10,13H,1,11H2,2-4H3. The SMILES string of the molecule is C=CC(S(=O)c1ccccc1)C(C)(C)CC(=O)OC. The van der Waals surface area contributed by atoms with Gasteiger partial charge in [-0.3, -0.25) is 9.00 Å². The molecule has 0 radical (unpaired) electrons. The maximum atomic E-state index is 12.6. The van der Waals surface area contributed by atoms with E-state index >= 15 is 0 Å². The number of hydrogen-bond donors (Lipinski definition) is 0. The first-order valence-electron chi connectivity index (χ1n) is 6.07. The predicted molar refractivity (Wildman–Crippen MR) is 77.2 cm³/mol. The van der Waals surface area contributed by atoms with Crippen LogP contribution < -0.4 is 0 Å². The third-order valence-corrected chi connectivity index (χ3v) is 5.05. The van der Waals surface area contributed by atoms with Gasteiger partial charge in [-0.05, 0) is 17.5 Å². The molecule has 0 aliphatic rings. The minimum absolute atomic E-state index is 0.207. The summed E-state index contributed by atoms with van der Waals surface area (Å²) in [5, 5.41) is -0.311. The molecular formula is C15H20O3S. The van der Waals surface area contributed by atoms with E-state index < -0.39 is 16.2 Å². The first-order chi connectivity index (χ1) is 8.92. The van der Waals surface area contributed by atoms with Crippen molar-refractivity contribution in [2.24, 2.45) is 5.41 Å². The van der Waals surface area contributed by atoms with Crippen LogP contribution in [0.3, 0.4) is 0 Å². The van der Waals surface area contributed by atoms with Gasteiger partial charge in [0.05, 0.1) is 29.6 Å². The van der Waals surface area contributed by atoms with E-state index in [1.807, 2.05) is 44.2 Å². The van der Waals surface area contributed by atoms with Crippen LogP contribution in [0.2, 0.25) is 0 Å². The lowest BCUT2D eigenvalue weighted by Crippen LogP contribution is -2.34. The molecule has 0 aromatic heterocycles. The number of esters is 1. The van der Waals surface area contributed by atoms with Crippen LogP contribution in [0.25, 0.3) is 0 Å². The van der Waals surface area contributed by atoms with Crippen LogP contribution in [0.1, 0.15) is 20.3 Å². The number of ether oxygens (including phenoxy) is 1. The van der Waals surface area contributed by atoms with Crippen molar-refractivity contribution in [1.82, 2.24) is 0 Å². The average molecular weight is 280 g/mol. The molecule has 2 atom stereocenters. The fourth-order valence-corrected chi connectivity index (χ4v) is 3.50. The first kappa shape index (κ1) is 15.6. The van der Waals surface area contributed by atoms with Crippen molar-refractivity contribution in [1.29, 1.82) is 0 Å². The quantitative estimate of drug-likeness (QED) is 0.594. The van der Waals surface area contributed by atoms with Gasteiger partial charge in [-0.25, -0.2) is 0 Å². The second-order valence-corrected chi connectivity index (χ2v) is 6.58. The highest BCUT2D eigenvalue weighted by Crippen LogP contribution is 2.32. The number of benzene rings is 1. The molecule has 1 aromatic rings. The fraction of sp³-hybridized carbons (Fsp3) is 0.400. The molecule has 1 aromatic carbocycles. The lowest BCUT2D eigenvalue weighted by Gasteiger charge is -2.30. The molecule has 0 N–H and O–H groups in total. The summed E-state index contributed by atoms with van der Waals surface area (Å²) < 4.78 is 17.3. The smallest absolute Gasteiger partial charge is 0.306 e. The lowest BCUT2D eigenvalue weighted by atomic mass is 9.85. The molecule has 104 valence electrons. The van der Waals surface area contributed by atoms with Crippen molar-refractivity contribution in [3.8, 4) is 0 Å². The Kier molecular flexibility index (Phi) is 5.48. The largest absolute Gasteiger partial charge is 0.469 e. The molecule has 0 saturated heterocycles. The lowest BCUT2D eigenvalue weighted by molar-refractivity contribution is -0.142. The number of carbonyl (C=O) groups excluding carboxylic acids is 1. The highest BCUT2D eigenvalue weighted by atomic mass is 32.2. The Labute approximate surface area is 117 Å². The molecule has 0 aliphatic carbocycles. The molecule has 0 bridgehead atoms. The molecular weight excluding hydrogens is 260 g/mol. The van der Waals surface area contributed by atoms with Crippen LogP contribution in [0.4, 0.5) is 0 Å². The minimum atomic E-state index is -1.23. The Morgan fingerprint density at radius 2 is 2.00 bits per heavy atom. The monoisotopic (exact) mass is 280 g/mol. The summed E-state index contributed by atoms with van der Waals surface area (Å²) in [5.41, 5.74) is -0.477. The van der Waals surface area contributed by atoms with Crippen LogP contribution in [-0.2, 0) is 20.3 Å². The van der Waals surface area contributed by atoms with Crippen LogP contribution >= 0.6 is 0 Å². The zero-order chi connectivity index (χ0) is 14.5. The summed E-state index contributed by atoms with van der Waals surface area (Å²) in [5.74, 6) is -0.304. The van der Waals surface area contributed by atoms with E-state index in [1.54, 1.807) is 6.08 Å². The van der Waals surface area contributed by atoms with Crippen LogP contribution in [0.5, 0.6) is 0 Å². The molecule has 0 amide bonds. The normalized spacial score (nSPS) is 14.5. The zero-order valence-electron chi connectivity index (χ0n) is 11.6. The molecule has 0 fully saturated rings. The number of rotatable bonds is 6.